The number of aromatic nitrogens is 3. The van der Waals surface area contributed by atoms with E-state index in [0.717, 1.165) is 17.5 Å². The molecule has 2 aromatic rings. The molecule has 1 unspecified atom stereocenters. The second-order valence-corrected chi connectivity index (χ2v) is 3.62. The van der Waals surface area contributed by atoms with Crippen LogP contribution in [0.25, 0.3) is 0 Å². The van der Waals surface area contributed by atoms with E-state index in [-0.39, 0.29) is 6.04 Å². The number of pyridine rings is 1. The highest BCUT2D eigenvalue weighted by atomic mass is 15.2. The molecule has 2 heterocycles. The molecule has 0 amide bonds. The molecule has 0 fully saturated rings. The lowest BCUT2D eigenvalue weighted by atomic mass is 10.0. The fraction of sp³-hybridized carbons (Fsp3) is 0.273. The van der Waals surface area contributed by atoms with E-state index in [4.69, 9.17) is 5.73 Å². The topological polar surface area (TPSA) is 56.7 Å². The van der Waals surface area contributed by atoms with Crippen molar-refractivity contribution in [1.29, 1.82) is 0 Å². The Morgan fingerprint density at radius 3 is 2.93 bits per heavy atom. The van der Waals surface area contributed by atoms with Gasteiger partial charge in [0.25, 0.3) is 0 Å². The van der Waals surface area contributed by atoms with Crippen LogP contribution in [-0.2, 0) is 13.5 Å². The highest BCUT2D eigenvalue weighted by molar-refractivity contribution is 5.17. The third-order valence-electron chi connectivity index (χ3n) is 2.33. The van der Waals surface area contributed by atoms with Gasteiger partial charge >= 0.3 is 0 Å². The molecule has 0 aliphatic heterocycles. The average Bonchev–Trinajstić information content (AvgIpc) is 2.65. The first-order valence-electron chi connectivity index (χ1n) is 4.89. The molecule has 0 radical (unpaired) electrons. The molecule has 78 valence electrons. The van der Waals surface area contributed by atoms with Gasteiger partial charge in [0.2, 0.25) is 0 Å². The van der Waals surface area contributed by atoms with Gasteiger partial charge in [-0.2, -0.15) is 5.10 Å². The summed E-state index contributed by atoms with van der Waals surface area (Å²) in [5.74, 6) is 0. The third kappa shape index (κ3) is 2.41. The first-order valence-corrected chi connectivity index (χ1v) is 4.89. The van der Waals surface area contributed by atoms with Crippen molar-refractivity contribution in [3.63, 3.8) is 0 Å². The van der Waals surface area contributed by atoms with E-state index >= 15 is 0 Å². The maximum absolute atomic E-state index is 6.06. The Bertz CT molecular complexity index is 421. The summed E-state index contributed by atoms with van der Waals surface area (Å²) >= 11 is 0. The van der Waals surface area contributed by atoms with Gasteiger partial charge in [0.05, 0.1) is 6.20 Å². The Hall–Kier alpha value is -1.68. The largest absolute Gasteiger partial charge is 0.324 e. The van der Waals surface area contributed by atoms with E-state index in [1.165, 1.54) is 0 Å². The predicted molar refractivity (Wildman–Crippen MR) is 58.1 cm³/mol. The summed E-state index contributed by atoms with van der Waals surface area (Å²) in [6, 6.07) is 3.88. The molecule has 2 rings (SSSR count). The van der Waals surface area contributed by atoms with Gasteiger partial charge in [-0.1, -0.05) is 6.07 Å². The van der Waals surface area contributed by atoms with Gasteiger partial charge in [-0.25, -0.2) is 0 Å². The monoisotopic (exact) mass is 202 g/mol. The minimum absolute atomic E-state index is 0.0112. The second kappa shape index (κ2) is 4.23. The molecule has 2 N–H and O–H groups in total. The number of aryl methyl sites for hydroxylation is 1. The second-order valence-electron chi connectivity index (χ2n) is 3.62. The van der Waals surface area contributed by atoms with Crippen LogP contribution < -0.4 is 5.73 Å². The Morgan fingerprint density at radius 2 is 2.33 bits per heavy atom. The van der Waals surface area contributed by atoms with Crippen LogP contribution in [0.1, 0.15) is 17.2 Å². The summed E-state index contributed by atoms with van der Waals surface area (Å²) in [6.45, 7) is 0. The molecule has 0 aliphatic carbocycles. The molecular weight excluding hydrogens is 188 g/mol. The molecule has 0 aromatic carbocycles. The van der Waals surface area contributed by atoms with E-state index in [1.54, 1.807) is 17.1 Å². The van der Waals surface area contributed by atoms with E-state index in [1.807, 2.05) is 31.6 Å². The standard InChI is InChI=1S/C11H14N4/c1-15-8-9(6-14-15)5-11(12)10-3-2-4-13-7-10/h2-4,6-8,11H,5,12H2,1H3. The van der Waals surface area contributed by atoms with Gasteiger partial charge in [-0.15, -0.1) is 0 Å². The molecule has 0 saturated carbocycles. The lowest BCUT2D eigenvalue weighted by Crippen LogP contribution is -2.13. The minimum atomic E-state index is -0.0112. The number of nitrogens with two attached hydrogens (primary N) is 1. The zero-order valence-corrected chi connectivity index (χ0v) is 8.67. The summed E-state index contributed by atoms with van der Waals surface area (Å²) < 4.78 is 1.78. The lowest BCUT2D eigenvalue weighted by molar-refractivity contribution is 0.715. The van der Waals surface area contributed by atoms with E-state index in [0.29, 0.717) is 0 Å². The van der Waals surface area contributed by atoms with Gasteiger partial charge in [0.15, 0.2) is 0 Å². The molecule has 2 aromatic heterocycles. The fourth-order valence-electron chi connectivity index (χ4n) is 1.54. The quantitative estimate of drug-likeness (QED) is 0.809. The van der Waals surface area contributed by atoms with Crippen LogP contribution in [0.2, 0.25) is 0 Å². The predicted octanol–water partition coefficient (Wildman–Crippen LogP) is 1.06. The van der Waals surface area contributed by atoms with Gasteiger partial charge in [0, 0.05) is 31.7 Å². The molecular formula is C11H14N4. The summed E-state index contributed by atoms with van der Waals surface area (Å²) in [5.41, 5.74) is 8.26. The van der Waals surface area contributed by atoms with Crippen molar-refractivity contribution in [3.8, 4) is 0 Å². The summed E-state index contributed by atoms with van der Waals surface area (Å²) in [6.07, 6.45) is 8.17. The van der Waals surface area contributed by atoms with E-state index < -0.39 is 0 Å². The van der Waals surface area contributed by atoms with Gasteiger partial charge in [-0.3, -0.25) is 9.67 Å². The summed E-state index contributed by atoms with van der Waals surface area (Å²) in [5, 5.41) is 4.11. The molecule has 0 bridgehead atoms. The maximum atomic E-state index is 6.06. The Labute approximate surface area is 88.8 Å². The lowest BCUT2D eigenvalue weighted by Gasteiger charge is -2.09. The van der Waals surface area contributed by atoms with Crippen molar-refractivity contribution in [2.24, 2.45) is 12.8 Å². The molecule has 1 atom stereocenters. The first kappa shape index (κ1) is 9.86. The first-order chi connectivity index (χ1) is 7.25. The highest BCUT2D eigenvalue weighted by Gasteiger charge is 2.07. The van der Waals surface area contributed by atoms with Crippen molar-refractivity contribution in [3.05, 3.63) is 48.0 Å². The molecule has 0 aliphatic rings. The molecule has 4 heteroatoms. The number of hydrogen-bond donors (Lipinski definition) is 1. The van der Waals surface area contributed by atoms with Crippen molar-refractivity contribution in [2.45, 2.75) is 12.5 Å². The third-order valence-corrected chi connectivity index (χ3v) is 2.33. The maximum Gasteiger partial charge on any atom is 0.0522 e. The van der Waals surface area contributed by atoms with Crippen molar-refractivity contribution < 1.29 is 0 Å². The molecule has 4 nitrogen and oxygen atoms in total. The van der Waals surface area contributed by atoms with E-state index in [9.17, 15) is 0 Å². The molecule has 15 heavy (non-hydrogen) atoms. The smallest absolute Gasteiger partial charge is 0.0522 e. The number of hydrogen-bond acceptors (Lipinski definition) is 3. The zero-order chi connectivity index (χ0) is 10.7. The SMILES string of the molecule is Cn1cc(CC(N)c2cccnc2)cn1. The van der Waals surface area contributed by atoms with Crippen LogP contribution in [0.4, 0.5) is 0 Å². The van der Waals surface area contributed by atoms with E-state index in [2.05, 4.69) is 10.1 Å². The molecule has 0 saturated heterocycles. The van der Waals surface area contributed by atoms with Gasteiger partial charge < -0.3 is 5.73 Å². The average molecular weight is 202 g/mol. The van der Waals surface area contributed by atoms with Crippen molar-refractivity contribution in [1.82, 2.24) is 14.8 Å². The zero-order valence-electron chi connectivity index (χ0n) is 8.67. The fourth-order valence-corrected chi connectivity index (χ4v) is 1.54. The van der Waals surface area contributed by atoms with Gasteiger partial charge in [-0.05, 0) is 23.6 Å². The summed E-state index contributed by atoms with van der Waals surface area (Å²) in [7, 11) is 1.90. The van der Waals surface area contributed by atoms with Crippen molar-refractivity contribution in [2.75, 3.05) is 0 Å². The van der Waals surface area contributed by atoms with Crippen LogP contribution in [0.15, 0.2) is 36.9 Å². The Morgan fingerprint density at radius 1 is 1.47 bits per heavy atom. The van der Waals surface area contributed by atoms with Crippen LogP contribution in [0.3, 0.4) is 0 Å². The Balaban J connectivity index is 2.07. The molecule has 0 spiro atoms. The van der Waals surface area contributed by atoms with Crippen LogP contribution in [-0.4, -0.2) is 14.8 Å². The van der Waals surface area contributed by atoms with Gasteiger partial charge in [0.1, 0.15) is 0 Å². The number of nitrogens with zero attached hydrogens (tertiary/aromatic N) is 3. The van der Waals surface area contributed by atoms with Crippen LogP contribution >= 0.6 is 0 Å². The van der Waals surface area contributed by atoms with Crippen LogP contribution in [0, 0.1) is 0 Å². The van der Waals surface area contributed by atoms with Crippen LogP contribution in [0.5, 0.6) is 0 Å². The Kier molecular flexibility index (Phi) is 2.78. The minimum Gasteiger partial charge on any atom is -0.324 e. The van der Waals surface area contributed by atoms with Crippen molar-refractivity contribution >= 4 is 0 Å². The highest BCUT2D eigenvalue weighted by Crippen LogP contribution is 2.13. The number of rotatable bonds is 3. The normalized spacial score (nSPS) is 12.7. The summed E-state index contributed by atoms with van der Waals surface area (Å²) in [4.78, 5) is 4.05.